The van der Waals surface area contributed by atoms with Gasteiger partial charge in [0.1, 0.15) is 0 Å². The van der Waals surface area contributed by atoms with Gasteiger partial charge in [-0.05, 0) is 30.9 Å². The summed E-state index contributed by atoms with van der Waals surface area (Å²) in [5, 5.41) is 9.01. The minimum Gasteiger partial charge on any atom is -0.381 e. The first-order valence-corrected chi connectivity index (χ1v) is 8.51. The van der Waals surface area contributed by atoms with E-state index in [-0.39, 0.29) is 29.8 Å². The summed E-state index contributed by atoms with van der Waals surface area (Å²) in [6, 6.07) is 7.66. The first-order valence-electron chi connectivity index (χ1n) is 8.51. The number of amides is 2. The molecule has 2 saturated heterocycles. The fourth-order valence-corrected chi connectivity index (χ4v) is 3.56. The topological polar surface area (TPSA) is 79.5 Å². The van der Waals surface area contributed by atoms with Crippen LogP contribution in [0.5, 0.6) is 0 Å². The number of ether oxygens (including phenoxy) is 1. The molecule has 0 bridgehead atoms. The summed E-state index contributed by atoms with van der Waals surface area (Å²) in [5.74, 6) is -0.108. The number of aryl methyl sites for hydroxylation is 1. The molecule has 3 rings (SSSR count). The molecule has 1 unspecified atom stereocenters. The molecule has 0 aliphatic carbocycles. The molecule has 3 N–H and O–H groups in total. The molecule has 1 aromatic carbocycles. The Morgan fingerprint density at radius 1 is 1.33 bits per heavy atom. The van der Waals surface area contributed by atoms with Crippen LogP contribution in [-0.2, 0) is 20.9 Å². The summed E-state index contributed by atoms with van der Waals surface area (Å²) in [4.78, 5) is 24.3. The molecule has 0 aromatic heterocycles. The predicted octanol–water partition coefficient (Wildman–Crippen LogP) is 0.496. The lowest BCUT2D eigenvalue weighted by molar-refractivity contribution is -0.123. The van der Waals surface area contributed by atoms with Crippen molar-refractivity contribution in [1.82, 2.24) is 16.0 Å². The van der Waals surface area contributed by atoms with Crippen molar-refractivity contribution < 1.29 is 14.3 Å². The number of carbonyl (C=O) groups excluding carboxylic acids is 2. The molecule has 1 spiro atoms. The van der Waals surface area contributed by atoms with Gasteiger partial charge in [0.25, 0.3) is 0 Å². The van der Waals surface area contributed by atoms with E-state index in [0.29, 0.717) is 26.3 Å². The van der Waals surface area contributed by atoms with Crippen molar-refractivity contribution in [2.24, 2.45) is 5.41 Å². The minimum absolute atomic E-state index is 0.0106. The summed E-state index contributed by atoms with van der Waals surface area (Å²) >= 11 is 0. The highest BCUT2D eigenvalue weighted by atomic mass is 16.5. The summed E-state index contributed by atoms with van der Waals surface area (Å²) in [5.41, 5.74) is 2.14. The van der Waals surface area contributed by atoms with Gasteiger partial charge in [0, 0.05) is 31.7 Å². The third kappa shape index (κ3) is 3.60. The van der Waals surface area contributed by atoms with E-state index in [2.05, 4.69) is 16.0 Å². The van der Waals surface area contributed by atoms with E-state index in [1.165, 1.54) is 0 Å². The minimum atomic E-state index is -0.314. The molecule has 24 heavy (non-hydrogen) atoms. The van der Waals surface area contributed by atoms with Crippen molar-refractivity contribution in [2.75, 3.05) is 26.3 Å². The first kappa shape index (κ1) is 16.9. The van der Waals surface area contributed by atoms with E-state index >= 15 is 0 Å². The second-order valence-corrected chi connectivity index (χ2v) is 6.71. The molecule has 2 fully saturated rings. The Labute approximate surface area is 142 Å². The molecule has 0 saturated carbocycles. The molecule has 6 heteroatoms. The predicted molar refractivity (Wildman–Crippen MR) is 90.3 cm³/mol. The zero-order chi connectivity index (χ0) is 17.0. The number of rotatable bonds is 5. The highest BCUT2D eigenvalue weighted by Crippen LogP contribution is 2.36. The lowest BCUT2D eigenvalue weighted by Gasteiger charge is -2.36. The Morgan fingerprint density at radius 3 is 2.83 bits per heavy atom. The quantitative estimate of drug-likeness (QED) is 0.734. The number of benzene rings is 1. The zero-order valence-electron chi connectivity index (χ0n) is 14.1. The number of carbonyl (C=O) groups is 2. The SMILES string of the molecule is Cc1ccccc1CNC(=O)CNC1C(=O)NCC12CCOCC2. The standard InChI is InChI=1S/C18H25N3O3/c1-13-4-2-3-5-14(13)10-19-15(22)11-20-16-17(23)21-12-18(16)6-8-24-9-7-18/h2-5,16,20H,6-12H2,1H3,(H,19,22)(H,21,23). The zero-order valence-corrected chi connectivity index (χ0v) is 14.1. The maximum atomic E-state index is 12.1. The Hall–Kier alpha value is -1.92. The Kier molecular flexibility index (Phi) is 5.16. The van der Waals surface area contributed by atoms with E-state index in [1.54, 1.807) is 0 Å². The van der Waals surface area contributed by atoms with Gasteiger partial charge in [-0.3, -0.25) is 14.9 Å². The van der Waals surface area contributed by atoms with Gasteiger partial charge < -0.3 is 15.4 Å². The van der Waals surface area contributed by atoms with Crippen molar-refractivity contribution in [2.45, 2.75) is 32.4 Å². The Balaban J connectivity index is 1.51. The van der Waals surface area contributed by atoms with Gasteiger partial charge in [-0.15, -0.1) is 0 Å². The lowest BCUT2D eigenvalue weighted by atomic mass is 9.76. The molecule has 0 radical (unpaired) electrons. The highest BCUT2D eigenvalue weighted by Gasteiger charge is 2.48. The second-order valence-electron chi connectivity index (χ2n) is 6.71. The maximum absolute atomic E-state index is 12.1. The molecule has 2 amide bonds. The van der Waals surface area contributed by atoms with Crippen molar-refractivity contribution in [1.29, 1.82) is 0 Å². The van der Waals surface area contributed by atoms with Gasteiger partial charge in [-0.2, -0.15) is 0 Å². The van der Waals surface area contributed by atoms with Gasteiger partial charge in [-0.25, -0.2) is 0 Å². The van der Waals surface area contributed by atoms with Crippen LogP contribution in [0.2, 0.25) is 0 Å². The monoisotopic (exact) mass is 331 g/mol. The summed E-state index contributed by atoms with van der Waals surface area (Å²) < 4.78 is 5.42. The average molecular weight is 331 g/mol. The van der Waals surface area contributed by atoms with Crippen LogP contribution in [0.15, 0.2) is 24.3 Å². The van der Waals surface area contributed by atoms with Crippen molar-refractivity contribution in [3.63, 3.8) is 0 Å². The van der Waals surface area contributed by atoms with Gasteiger partial charge in [-0.1, -0.05) is 24.3 Å². The molecule has 6 nitrogen and oxygen atoms in total. The third-order valence-electron chi connectivity index (χ3n) is 5.18. The van der Waals surface area contributed by atoms with Gasteiger partial charge in [0.2, 0.25) is 11.8 Å². The summed E-state index contributed by atoms with van der Waals surface area (Å²) in [6.07, 6.45) is 1.68. The fourth-order valence-electron chi connectivity index (χ4n) is 3.56. The fraction of sp³-hybridized carbons (Fsp3) is 0.556. The van der Waals surface area contributed by atoms with Gasteiger partial charge in [0.15, 0.2) is 0 Å². The molecule has 1 aromatic rings. The van der Waals surface area contributed by atoms with Crippen LogP contribution in [-0.4, -0.2) is 44.2 Å². The molecule has 2 heterocycles. The number of hydrogen-bond donors (Lipinski definition) is 3. The van der Waals surface area contributed by atoms with Crippen LogP contribution < -0.4 is 16.0 Å². The van der Waals surface area contributed by atoms with Crippen LogP contribution >= 0.6 is 0 Å². The van der Waals surface area contributed by atoms with Crippen LogP contribution in [0, 0.1) is 12.3 Å². The smallest absolute Gasteiger partial charge is 0.237 e. The van der Waals surface area contributed by atoms with E-state index in [4.69, 9.17) is 4.74 Å². The normalized spacial score (nSPS) is 22.4. The van der Waals surface area contributed by atoms with E-state index in [9.17, 15) is 9.59 Å². The Bertz CT molecular complexity index is 611. The second kappa shape index (κ2) is 7.32. The number of nitrogens with one attached hydrogen (secondary N) is 3. The molecular formula is C18H25N3O3. The van der Waals surface area contributed by atoms with Crippen LogP contribution in [0.1, 0.15) is 24.0 Å². The molecular weight excluding hydrogens is 306 g/mol. The van der Waals surface area contributed by atoms with Gasteiger partial charge in [0.05, 0.1) is 12.6 Å². The molecule has 1 atom stereocenters. The van der Waals surface area contributed by atoms with E-state index in [1.807, 2.05) is 31.2 Å². The summed E-state index contributed by atoms with van der Waals surface area (Å²) in [6.45, 7) is 4.68. The highest BCUT2D eigenvalue weighted by molar-refractivity contribution is 5.86. The lowest BCUT2D eigenvalue weighted by Crippen LogP contribution is -2.51. The Morgan fingerprint density at radius 2 is 2.08 bits per heavy atom. The largest absolute Gasteiger partial charge is 0.381 e. The first-order chi connectivity index (χ1) is 11.6. The van der Waals surface area contributed by atoms with Crippen LogP contribution in [0.25, 0.3) is 0 Å². The van der Waals surface area contributed by atoms with E-state index in [0.717, 1.165) is 24.0 Å². The third-order valence-corrected chi connectivity index (χ3v) is 5.18. The maximum Gasteiger partial charge on any atom is 0.237 e. The average Bonchev–Trinajstić information content (AvgIpc) is 2.88. The molecule has 2 aliphatic heterocycles. The molecule has 130 valence electrons. The van der Waals surface area contributed by atoms with Crippen LogP contribution in [0.3, 0.4) is 0 Å². The van der Waals surface area contributed by atoms with Crippen molar-refractivity contribution in [3.8, 4) is 0 Å². The van der Waals surface area contributed by atoms with Crippen molar-refractivity contribution in [3.05, 3.63) is 35.4 Å². The molecule has 2 aliphatic rings. The van der Waals surface area contributed by atoms with Gasteiger partial charge >= 0.3 is 0 Å². The van der Waals surface area contributed by atoms with Crippen LogP contribution in [0.4, 0.5) is 0 Å². The number of hydrogen-bond acceptors (Lipinski definition) is 4. The van der Waals surface area contributed by atoms with Crippen molar-refractivity contribution >= 4 is 11.8 Å². The summed E-state index contributed by atoms with van der Waals surface area (Å²) in [7, 11) is 0. The van der Waals surface area contributed by atoms with E-state index < -0.39 is 0 Å².